The first-order valence-electron chi connectivity index (χ1n) is 4.40. The molecule has 0 saturated heterocycles. The first kappa shape index (κ1) is 11.3. The van der Waals surface area contributed by atoms with Crippen molar-refractivity contribution in [2.45, 2.75) is 13.0 Å². The van der Waals surface area contributed by atoms with Crippen LogP contribution in [0.4, 0.5) is 0 Å². The van der Waals surface area contributed by atoms with Gasteiger partial charge in [-0.1, -0.05) is 17.7 Å². The number of hydrogen-bond donors (Lipinski definition) is 2. The van der Waals surface area contributed by atoms with Crippen molar-refractivity contribution in [2.24, 2.45) is 5.73 Å². The lowest BCUT2D eigenvalue weighted by molar-refractivity contribution is 0.114. The lowest BCUT2D eigenvalue weighted by Crippen LogP contribution is -2.26. The van der Waals surface area contributed by atoms with E-state index < -0.39 is 6.10 Å². The third-order valence-corrected chi connectivity index (χ3v) is 2.26. The maximum Gasteiger partial charge on any atom is 0.120 e. The van der Waals surface area contributed by atoms with E-state index in [0.717, 1.165) is 5.56 Å². The Hall–Kier alpha value is -0.770. The quantitative estimate of drug-likeness (QED) is 0.797. The maximum absolute atomic E-state index is 9.16. The summed E-state index contributed by atoms with van der Waals surface area (Å²) in [6, 6.07) is 5.40. The van der Waals surface area contributed by atoms with Crippen molar-refractivity contribution in [3.8, 4) is 5.75 Å². The van der Waals surface area contributed by atoms with Crippen LogP contribution in [0, 0.1) is 6.92 Å². The molecule has 0 heterocycles. The molecule has 0 aliphatic carbocycles. The second-order valence-electron chi connectivity index (χ2n) is 3.11. The molecule has 78 valence electrons. The summed E-state index contributed by atoms with van der Waals surface area (Å²) in [6.45, 7) is 2.30. The van der Waals surface area contributed by atoms with Gasteiger partial charge in [-0.25, -0.2) is 0 Å². The van der Waals surface area contributed by atoms with Gasteiger partial charge < -0.3 is 15.6 Å². The molecule has 0 amide bonds. The highest BCUT2D eigenvalue weighted by molar-refractivity contribution is 6.31. The van der Waals surface area contributed by atoms with Gasteiger partial charge >= 0.3 is 0 Å². The van der Waals surface area contributed by atoms with Gasteiger partial charge in [-0.15, -0.1) is 0 Å². The van der Waals surface area contributed by atoms with E-state index in [9.17, 15) is 0 Å². The molecule has 0 saturated carbocycles. The van der Waals surface area contributed by atoms with Crippen LogP contribution in [0.2, 0.25) is 5.02 Å². The number of nitrogens with two attached hydrogens (primary N) is 1. The predicted molar refractivity (Wildman–Crippen MR) is 56.7 cm³/mol. The van der Waals surface area contributed by atoms with Crippen molar-refractivity contribution in [3.63, 3.8) is 0 Å². The van der Waals surface area contributed by atoms with Crippen LogP contribution in [-0.4, -0.2) is 24.4 Å². The third kappa shape index (κ3) is 3.18. The zero-order valence-corrected chi connectivity index (χ0v) is 8.79. The Morgan fingerprint density at radius 1 is 1.57 bits per heavy atom. The lowest BCUT2D eigenvalue weighted by Gasteiger charge is -2.10. The summed E-state index contributed by atoms with van der Waals surface area (Å²) in [4.78, 5) is 0. The molecule has 14 heavy (non-hydrogen) atoms. The number of rotatable bonds is 4. The fraction of sp³-hybridized carbons (Fsp3) is 0.400. The van der Waals surface area contributed by atoms with Crippen molar-refractivity contribution >= 4 is 11.6 Å². The highest BCUT2D eigenvalue weighted by Gasteiger charge is 2.03. The van der Waals surface area contributed by atoms with Crippen LogP contribution < -0.4 is 10.5 Å². The summed E-state index contributed by atoms with van der Waals surface area (Å²) in [7, 11) is 0. The Morgan fingerprint density at radius 2 is 2.29 bits per heavy atom. The van der Waals surface area contributed by atoms with Gasteiger partial charge in [-0.3, -0.25) is 0 Å². The zero-order valence-electron chi connectivity index (χ0n) is 8.03. The first-order chi connectivity index (χ1) is 6.63. The molecule has 3 nitrogen and oxygen atoms in total. The van der Waals surface area contributed by atoms with Gasteiger partial charge in [0, 0.05) is 11.6 Å². The van der Waals surface area contributed by atoms with E-state index in [2.05, 4.69) is 0 Å². The Balaban J connectivity index is 2.55. The molecule has 1 aromatic rings. The molecule has 0 aliphatic heterocycles. The normalized spacial score (nSPS) is 12.6. The second-order valence-corrected chi connectivity index (χ2v) is 3.52. The Bertz CT molecular complexity index is 304. The van der Waals surface area contributed by atoms with E-state index in [4.69, 9.17) is 27.2 Å². The van der Waals surface area contributed by atoms with Crippen LogP contribution in [0.5, 0.6) is 5.75 Å². The zero-order chi connectivity index (χ0) is 10.6. The first-order valence-corrected chi connectivity index (χ1v) is 4.78. The summed E-state index contributed by atoms with van der Waals surface area (Å²) in [5, 5.41) is 9.82. The molecule has 1 aromatic carbocycles. The second kappa shape index (κ2) is 5.20. The van der Waals surface area contributed by atoms with E-state index in [0.29, 0.717) is 10.8 Å². The monoisotopic (exact) mass is 215 g/mol. The Morgan fingerprint density at radius 3 is 2.86 bits per heavy atom. The van der Waals surface area contributed by atoms with E-state index in [-0.39, 0.29) is 13.2 Å². The summed E-state index contributed by atoms with van der Waals surface area (Å²) in [5.41, 5.74) is 6.23. The highest BCUT2D eigenvalue weighted by Crippen LogP contribution is 2.21. The molecule has 0 aliphatic rings. The van der Waals surface area contributed by atoms with Gasteiger partial charge in [0.15, 0.2) is 0 Å². The standard InChI is InChI=1S/C10H14ClNO2/c1-7-2-3-9(4-10(7)11)14-6-8(13)5-12/h2-4,8,13H,5-6,12H2,1H3. The van der Waals surface area contributed by atoms with Crippen LogP contribution in [0.3, 0.4) is 0 Å². The van der Waals surface area contributed by atoms with Crippen LogP contribution in [0.1, 0.15) is 5.56 Å². The topological polar surface area (TPSA) is 55.5 Å². The van der Waals surface area contributed by atoms with Crippen LogP contribution in [0.25, 0.3) is 0 Å². The van der Waals surface area contributed by atoms with Gasteiger partial charge in [0.05, 0.1) is 0 Å². The molecule has 4 heteroatoms. The van der Waals surface area contributed by atoms with Crippen molar-refractivity contribution in [3.05, 3.63) is 28.8 Å². The minimum absolute atomic E-state index is 0.190. The maximum atomic E-state index is 9.16. The smallest absolute Gasteiger partial charge is 0.120 e. The summed E-state index contributed by atoms with van der Waals surface area (Å²) >= 11 is 5.90. The van der Waals surface area contributed by atoms with Crippen LogP contribution in [0.15, 0.2) is 18.2 Å². The fourth-order valence-corrected chi connectivity index (χ4v) is 1.09. The molecule has 0 aromatic heterocycles. The average molecular weight is 216 g/mol. The SMILES string of the molecule is Cc1ccc(OCC(O)CN)cc1Cl. The summed E-state index contributed by atoms with van der Waals surface area (Å²) in [6.07, 6.45) is -0.630. The number of aliphatic hydroxyl groups excluding tert-OH is 1. The van der Waals surface area contributed by atoms with Crippen molar-refractivity contribution in [2.75, 3.05) is 13.2 Å². The minimum Gasteiger partial charge on any atom is -0.491 e. The lowest BCUT2D eigenvalue weighted by atomic mass is 10.2. The molecule has 1 rings (SSSR count). The molecule has 1 atom stereocenters. The van der Waals surface area contributed by atoms with Gasteiger partial charge in [0.1, 0.15) is 18.5 Å². The van der Waals surface area contributed by atoms with Crippen molar-refractivity contribution in [1.82, 2.24) is 0 Å². The summed E-state index contributed by atoms with van der Waals surface area (Å²) in [5.74, 6) is 0.646. The van der Waals surface area contributed by atoms with Crippen LogP contribution >= 0.6 is 11.6 Å². The number of aryl methyl sites for hydroxylation is 1. The number of hydrogen-bond acceptors (Lipinski definition) is 3. The van der Waals surface area contributed by atoms with Crippen LogP contribution in [-0.2, 0) is 0 Å². The number of ether oxygens (including phenoxy) is 1. The number of halogens is 1. The molecule has 0 radical (unpaired) electrons. The van der Waals surface area contributed by atoms with E-state index in [1.54, 1.807) is 6.07 Å². The molecular weight excluding hydrogens is 202 g/mol. The molecule has 3 N–H and O–H groups in total. The molecule has 0 bridgehead atoms. The molecule has 0 spiro atoms. The van der Waals surface area contributed by atoms with Gasteiger partial charge in [-0.05, 0) is 24.6 Å². The minimum atomic E-state index is -0.630. The van der Waals surface area contributed by atoms with E-state index in [1.807, 2.05) is 19.1 Å². The molecule has 0 fully saturated rings. The van der Waals surface area contributed by atoms with E-state index in [1.165, 1.54) is 0 Å². The molecular formula is C10H14ClNO2. The van der Waals surface area contributed by atoms with Gasteiger partial charge in [0.2, 0.25) is 0 Å². The summed E-state index contributed by atoms with van der Waals surface area (Å²) < 4.78 is 5.28. The van der Waals surface area contributed by atoms with E-state index >= 15 is 0 Å². The van der Waals surface area contributed by atoms with Crippen molar-refractivity contribution < 1.29 is 9.84 Å². The predicted octanol–water partition coefficient (Wildman–Crippen LogP) is 1.35. The van der Waals surface area contributed by atoms with Gasteiger partial charge in [-0.2, -0.15) is 0 Å². The Kier molecular flexibility index (Phi) is 4.20. The highest BCUT2D eigenvalue weighted by atomic mass is 35.5. The van der Waals surface area contributed by atoms with Crippen molar-refractivity contribution in [1.29, 1.82) is 0 Å². The fourth-order valence-electron chi connectivity index (χ4n) is 0.924. The average Bonchev–Trinajstić information content (AvgIpc) is 2.19. The largest absolute Gasteiger partial charge is 0.491 e. The van der Waals surface area contributed by atoms with Gasteiger partial charge in [0.25, 0.3) is 0 Å². The number of aliphatic hydroxyl groups is 1. The third-order valence-electron chi connectivity index (χ3n) is 1.86. The number of benzene rings is 1. The Labute approximate surface area is 88.4 Å². The molecule has 1 unspecified atom stereocenters.